The van der Waals surface area contributed by atoms with Crippen molar-refractivity contribution in [2.75, 3.05) is 0 Å². The highest BCUT2D eigenvalue weighted by Crippen LogP contribution is 2.38. The number of rotatable bonds is 6. The Morgan fingerprint density at radius 2 is 0.821 bits per heavy atom. The van der Waals surface area contributed by atoms with Gasteiger partial charge >= 0.3 is 0 Å². The van der Waals surface area contributed by atoms with E-state index >= 15 is 0 Å². The third-order valence-electron chi connectivity index (χ3n) is 11.0. The quantitative estimate of drug-likeness (QED) is 0.172. The predicted molar refractivity (Wildman–Crippen MR) is 233 cm³/mol. The molecule has 11 rings (SSSR count). The molecule has 0 amide bonds. The van der Waals surface area contributed by atoms with E-state index in [1.165, 1.54) is 49.6 Å². The zero-order valence-corrected chi connectivity index (χ0v) is 30.4. The van der Waals surface area contributed by atoms with Gasteiger partial charge in [0, 0.05) is 38.4 Å². The van der Waals surface area contributed by atoms with Gasteiger partial charge in [-0.1, -0.05) is 140 Å². The van der Waals surface area contributed by atoms with Gasteiger partial charge in [0.1, 0.15) is 11.2 Å². The lowest BCUT2D eigenvalue weighted by atomic mass is 9.97. The third kappa shape index (κ3) is 5.49. The second-order valence-corrected chi connectivity index (χ2v) is 14.4. The van der Waals surface area contributed by atoms with Crippen molar-refractivity contribution in [1.29, 1.82) is 0 Å². The van der Waals surface area contributed by atoms with E-state index in [4.69, 9.17) is 9.40 Å². The fraction of sp³-hybridized carbons (Fsp3) is 0. The molecule has 3 aromatic heterocycles. The first-order chi connectivity index (χ1) is 27.7. The number of hydrogen-bond acceptors (Lipinski definition) is 2. The van der Waals surface area contributed by atoms with Crippen molar-refractivity contribution in [1.82, 2.24) is 9.55 Å². The Hall–Kier alpha value is -7.49. The molecule has 0 aliphatic rings. The molecule has 3 heteroatoms. The number of aromatic nitrogens is 2. The zero-order valence-electron chi connectivity index (χ0n) is 30.4. The molecule has 11 aromatic rings. The van der Waals surface area contributed by atoms with Gasteiger partial charge in [-0.3, -0.25) is 0 Å². The van der Waals surface area contributed by atoms with Crippen LogP contribution in [-0.2, 0) is 0 Å². The van der Waals surface area contributed by atoms with Crippen LogP contribution in [-0.4, -0.2) is 9.55 Å². The number of hydrogen-bond donors (Lipinski definition) is 0. The molecule has 0 aliphatic heterocycles. The van der Waals surface area contributed by atoms with Gasteiger partial charge in [0.25, 0.3) is 0 Å². The molecular formula is C53H34N2O. The molecule has 0 fully saturated rings. The van der Waals surface area contributed by atoms with Gasteiger partial charge < -0.3 is 8.98 Å². The number of furan rings is 1. The van der Waals surface area contributed by atoms with Crippen LogP contribution < -0.4 is 0 Å². The first-order valence-corrected chi connectivity index (χ1v) is 19.0. The molecule has 0 aliphatic carbocycles. The van der Waals surface area contributed by atoms with Gasteiger partial charge in [-0.15, -0.1) is 0 Å². The van der Waals surface area contributed by atoms with Crippen LogP contribution in [0.2, 0.25) is 0 Å². The fourth-order valence-electron chi connectivity index (χ4n) is 8.23. The van der Waals surface area contributed by atoms with Crippen molar-refractivity contribution in [3.63, 3.8) is 0 Å². The Bertz CT molecular complexity index is 3170. The second-order valence-electron chi connectivity index (χ2n) is 14.4. The van der Waals surface area contributed by atoms with Crippen molar-refractivity contribution in [3.8, 4) is 61.6 Å². The van der Waals surface area contributed by atoms with Crippen LogP contribution in [0.15, 0.2) is 211 Å². The Morgan fingerprint density at radius 3 is 1.57 bits per heavy atom. The Morgan fingerprint density at radius 1 is 0.304 bits per heavy atom. The zero-order chi connectivity index (χ0) is 37.0. The van der Waals surface area contributed by atoms with Gasteiger partial charge in [0.15, 0.2) is 0 Å². The SMILES string of the molecule is c1ccc(-c2cc(-c3ccccc3)nc(-c3ccc(-n4c5ccccc5c5cc(-c6cccc(-c7ccc8oc9ccccc9c8c7)c6)ccc54)cc3)c2)cc1. The summed E-state index contributed by atoms with van der Waals surface area (Å²) in [4.78, 5) is 5.17. The number of para-hydroxylation sites is 2. The molecule has 0 radical (unpaired) electrons. The van der Waals surface area contributed by atoms with Gasteiger partial charge in [-0.25, -0.2) is 4.98 Å². The van der Waals surface area contributed by atoms with Crippen LogP contribution in [0.4, 0.5) is 0 Å². The third-order valence-corrected chi connectivity index (χ3v) is 11.0. The van der Waals surface area contributed by atoms with Crippen molar-refractivity contribution in [3.05, 3.63) is 206 Å². The summed E-state index contributed by atoms with van der Waals surface area (Å²) in [6, 6.07) is 73.4. The van der Waals surface area contributed by atoms with Gasteiger partial charge in [0.2, 0.25) is 0 Å². The maximum Gasteiger partial charge on any atom is 0.135 e. The van der Waals surface area contributed by atoms with Crippen molar-refractivity contribution in [2.24, 2.45) is 0 Å². The maximum absolute atomic E-state index is 6.11. The summed E-state index contributed by atoms with van der Waals surface area (Å²) in [5.41, 5.74) is 16.4. The lowest BCUT2D eigenvalue weighted by molar-refractivity contribution is 0.669. The maximum atomic E-state index is 6.11. The Balaban J connectivity index is 0.975. The van der Waals surface area contributed by atoms with E-state index in [2.05, 4.69) is 193 Å². The summed E-state index contributed by atoms with van der Waals surface area (Å²) >= 11 is 0. The van der Waals surface area contributed by atoms with Gasteiger partial charge in [-0.2, -0.15) is 0 Å². The van der Waals surface area contributed by atoms with Crippen molar-refractivity contribution >= 4 is 43.7 Å². The molecule has 0 unspecified atom stereocenters. The fourth-order valence-corrected chi connectivity index (χ4v) is 8.23. The molecule has 0 saturated heterocycles. The lowest BCUT2D eigenvalue weighted by Gasteiger charge is -2.12. The minimum absolute atomic E-state index is 0.911. The molecular weight excluding hydrogens is 681 g/mol. The lowest BCUT2D eigenvalue weighted by Crippen LogP contribution is -1.95. The van der Waals surface area contributed by atoms with Crippen LogP contribution in [0.1, 0.15) is 0 Å². The van der Waals surface area contributed by atoms with E-state index in [9.17, 15) is 0 Å². The highest BCUT2D eigenvalue weighted by Gasteiger charge is 2.15. The van der Waals surface area contributed by atoms with E-state index in [1.54, 1.807) is 0 Å². The first-order valence-electron chi connectivity index (χ1n) is 19.0. The van der Waals surface area contributed by atoms with E-state index in [0.29, 0.717) is 0 Å². The van der Waals surface area contributed by atoms with Crippen molar-refractivity contribution < 1.29 is 4.42 Å². The standard InChI is InChI=1S/C53H34N2O/c1-3-12-35(13-4-1)42-33-48(36-14-5-2-6-15-36)54-49(34-42)37-22-26-43(27-23-37)55-50-20-9-7-18-44(50)46-31-40(24-28-51(46)55)38-16-11-17-39(30-38)41-25-29-53-47(32-41)45-19-8-10-21-52(45)56-53/h1-34H. The highest BCUT2D eigenvalue weighted by atomic mass is 16.3. The minimum Gasteiger partial charge on any atom is -0.456 e. The normalized spacial score (nSPS) is 11.6. The number of fused-ring (bicyclic) bond motifs is 6. The summed E-state index contributed by atoms with van der Waals surface area (Å²) in [7, 11) is 0. The summed E-state index contributed by atoms with van der Waals surface area (Å²) in [6.07, 6.45) is 0. The summed E-state index contributed by atoms with van der Waals surface area (Å²) < 4.78 is 8.48. The van der Waals surface area contributed by atoms with Gasteiger partial charge in [-0.05, 0) is 100 Å². The predicted octanol–water partition coefficient (Wildman–Crippen LogP) is 14.4. The largest absolute Gasteiger partial charge is 0.456 e. The molecule has 0 saturated carbocycles. The monoisotopic (exact) mass is 714 g/mol. The number of pyridine rings is 1. The van der Waals surface area contributed by atoms with E-state index in [-0.39, 0.29) is 0 Å². The number of benzene rings is 8. The average Bonchev–Trinajstić information content (AvgIpc) is 3.82. The summed E-state index contributed by atoms with van der Waals surface area (Å²) in [5.74, 6) is 0. The smallest absolute Gasteiger partial charge is 0.135 e. The molecule has 0 N–H and O–H groups in total. The number of nitrogens with zero attached hydrogens (tertiary/aromatic N) is 2. The van der Waals surface area contributed by atoms with Crippen LogP contribution in [0, 0.1) is 0 Å². The van der Waals surface area contributed by atoms with Crippen LogP contribution in [0.25, 0.3) is 105 Å². The minimum atomic E-state index is 0.911. The van der Waals surface area contributed by atoms with E-state index < -0.39 is 0 Å². The molecule has 0 atom stereocenters. The summed E-state index contributed by atoms with van der Waals surface area (Å²) in [6.45, 7) is 0. The molecule has 8 aromatic carbocycles. The van der Waals surface area contributed by atoms with Crippen molar-refractivity contribution in [2.45, 2.75) is 0 Å². The van der Waals surface area contributed by atoms with Crippen LogP contribution >= 0.6 is 0 Å². The Kier molecular flexibility index (Phi) is 7.49. The van der Waals surface area contributed by atoms with Gasteiger partial charge in [0.05, 0.1) is 22.4 Å². The molecule has 0 spiro atoms. The molecule has 3 heterocycles. The molecule has 262 valence electrons. The molecule has 3 nitrogen and oxygen atoms in total. The molecule has 0 bridgehead atoms. The summed E-state index contributed by atoms with van der Waals surface area (Å²) in [5, 5.41) is 4.73. The van der Waals surface area contributed by atoms with E-state index in [0.717, 1.165) is 55.7 Å². The van der Waals surface area contributed by atoms with E-state index in [1.807, 2.05) is 18.2 Å². The first kappa shape index (κ1) is 32.0. The Labute approximate surface area is 324 Å². The highest BCUT2D eigenvalue weighted by molar-refractivity contribution is 6.11. The molecule has 56 heavy (non-hydrogen) atoms. The topological polar surface area (TPSA) is 31.0 Å². The second kappa shape index (κ2) is 13.1. The van der Waals surface area contributed by atoms with Crippen LogP contribution in [0.5, 0.6) is 0 Å². The van der Waals surface area contributed by atoms with Crippen LogP contribution in [0.3, 0.4) is 0 Å². The average molecular weight is 715 g/mol.